The Balaban J connectivity index is 2.03. The second kappa shape index (κ2) is 8.14. The van der Waals surface area contributed by atoms with Gasteiger partial charge in [0, 0.05) is 11.4 Å². The number of carbonyl (C=O) groups excluding carboxylic acids is 2. The summed E-state index contributed by atoms with van der Waals surface area (Å²) in [6, 6.07) is 1.34. The lowest BCUT2D eigenvalue weighted by Crippen LogP contribution is -2.34. The summed E-state index contributed by atoms with van der Waals surface area (Å²) in [6.07, 6.45) is 0.0325. The first-order chi connectivity index (χ1) is 13.2. The van der Waals surface area contributed by atoms with E-state index in [9.17, 15) is 14.7 Å². The number of thiophene rings is 1. The molecule has 0 spiro atoms. The predicted octanol–water partition coefficient (Wildman–Crippen LogP) is 4.13. The molecule has 6 nitrogen and oxygen atoms in total. The summed E-state index contributed by atoms with van der Waals surface area (Å²) in [5.41, 5.74) is 1.73. The normalized spacial score (nSPS) is 17.3. The molecule has 3 rings (SSSR count). The molecular formula is C20H24N2O4S2. The third-order valence-electron chi connectivity index (χ3n) is 4.59. The van der Waals surface area contributed by atoms with Crippen LogP contribution in [0, 0.1) is 20.8 Å². The first-order valence-corrected chi connectivity index (χ1v) is 10.8. The number of aromatic nitrogens is 1. The highest BCUT2D eigenvalue weighted by molar-refractivity contribution is 7.14. The molecule has 3 heterocycles. The molecule has 0 bridgehead atoms. The third kappa shape index (κ3) is 3.76. The van der Waals surface area contributed by atoms with Gasteiger partial charge in [0.1, 0.15) is 6.04 Å². The molecule has 0 aliphatic carbocycles. The molecule has 0 radical (unpaired) electrons. The van der Waals surface area contributed by atoms with E-state index in [0.717, 1.165) is 15.4 Å². The molecule has 1 unspecified atom stereocenters. The lowest BCUT2D eigenvalue weighted by Gasteiger charge is -2.26. The molecule has 1 aliphatic heterocycles. The topological polar surface area (TPSA) is 79.7 Å². The summed E-state index contributed by atoms with van der Waals surface area (Å²) in [7, 11) is 0. The molecule has 0 saturated carbocycles. The monoisotopic (exact) mass is 420 g/mol. The fourth-order valence-corrected chi connectivity index (χ4v) is 5.23. The van der Waals surface area contributed by atoms with E-state index in [1.165, 1.54) is 27.6 Å². The van der Waals surface area contributed by atoms with Crippen molar-refractivity contribution in [2.24, 2.45) is 0 Å². The molecule has 1 N–H and O–H groups in total. The quantitative estimate of drug-likeness (QED) is 0.681. The fraction of sp³-hybridized carbons (Fsp3) is 0.450. The number of nitrogens with zero attached hydrogens (tertiary/aromatic N) is 2. The lowest BCUT2D eigenvalue weighted by molar-refractivity contribution is -0.130. The molecule has 2 aromatic heterocycles. The number of thiazole rings is 1. The Bertz CT molecular complexity index is 942. The maximum Gasteiger partial charge on any atom is 0.290 e. The van der Waals surface area contributed by atoms with Crippen molar-refractivity contribution in [1.29, 1.82) is 0 Å². The number of amides is 1. The number of hydrogen-bond donors (Lipinski definition) is 1. The van der Waals surface area contributed by atoms with Crippen LogP contribution in [-0.4, -0.2) is 45.9 Å². The van der Waals surface area contributed by atoms with Crippen LogP contribution in [0.1, 0.15) is 50.7 Å². The molecule has 0 aromatic carbocycles. The lowest BCUT2D eigenvalue weighted by atomic mass is 9.98. The van der Waals surface area contributed by atoms with Crippen LogP contribution in [0.25, 0.3) is 0 Å². The molecule has 150 valence electrons. The third-order valence-corrected chi connectivity index (χ3v) is 6.73. The fourth-order valence-electron chi connectivity index (χ4n) is 3.30. The Kier molecular flexibility index (Phi) is 6.02. The van der Waals surface area contributed by atoms with Crippen molar-refractivity contribution in [3.63, 3.8) is 0 Å². The number of rotatable bonds is 7. The van der Waals surface area contributed by atoms with E-state index in [0.29, 0.717) is 23.7 Å². The van der Waals surface area contributed by atoms with E-state index in [4.69, 9.17) is 4.74 Å². The molecular weight excluding hydrogens is 396 g/mol. The highest BCUT2D eigenvalue weighted by atomic mass is 32.1. The van der Waals surface area contributed by atoms with E-state index in [2.05, 4.69) is 4.98 Å². The van der Waals surface area contributed by atoms with Crippen molar-refractivity contribution in [2.75, 3.05) is 13.2 Å². The van der Waals surface area contributed by atoms with Crippen LogP contribution in [0.4, 0.5) is 0 Å². The van der Waals surface area contributed by atoms with E-state index in [-0.39, 0.29) is 17.5 Å². The van der Waals surface area contributed by atoms with Crippen LogP contribution in [0.5, 0.6) is 0 Å². The molecule has 0 saturated heterocycles. The van der Waals surface area contributed by atoms with Gasteiger partial charge in [-0.2, -0.15) is 0 Å². The van der Waals surface area contributed by atoms with Crippen molar-refractivity contribution in [3.8, 4) is 0 Å². The number of ether oxygens (including phenoxy) is 1. The van der Waals surface area contributed by atoms with Gasteiger partial charge in [0.05, 0.1) is 33.9 Å². The summed E-state index contributed by atoms with van der Waals surface area (Å²) in [6.45, 7) is 10.0. The molecule has 8 heteroatoms. The molecule has 0 fully saturated rings. The van der Waals surface area contributed by atoms with Crippen LogP contribution in [-0.2, 0) is 9.53 Å². The summed E-state index contributed by atoms with van der Waals surface area (Å²) in [5, 5.41) is 13.3. The van der Waals surface area contributed by atoms with Crippen molar-refractivity contribution in [2.45, 2.75) is 46.8 Å². The number of Topliss-reactive ketones (excluding diaryl/α,β-unsaturated/α-hetero) is 1. The second-order valence-electron chi connectivity index (χ2n) is 7.03. The Hall–Kier alpha value is -2.03. The first kappa shape index (κ1) is 20.7. The zero-order valence-electron chi connectivity index (χ0n) is 16.6. The van der Waals surface area contributed by atoms with Crippen LogP contribution in [0.2, 0.25) is 0 Å². The number of carbonyl (C=O) groups is 2. The maximum atomic E-state index is 13.3. The number of hydrogen-bond acceptors (Lipinski definition) is 7. The van der Waals surface area contributed by atoms with Crippen LogP contribution < -0.4 is 0 Å². The summed E-state index contributed by atoms with van der Waals surface area (Å²) >= 11 is 2.76. The van der Waals surface area contributed by atoms with E-state index >= 15 is 0 Å². The van der Waals surface area contributed by atoms with Crippen LogP contribution in [0.15, 0.2) is 22.8 Å². The van der Waals surface area contributed by atoms with Crippen molar-refractivity contribution in [1.82, 2.24) is 9.88 Å². The van der Waals surface area contributed by atoms with E-state index in [1.807, 2.05) is 39.1 Å². The second-order valence-corrected chi connectivity index (χ2v) is 9.18. The number of aliphatic hydroxyl groups is 1. The Labute approximate surface area is 172 Å². The maximum absolute atomic E-state index is 13.3. The minimum absolute atomic E-state index is 0.0325. The molecule has 2 aromatic rings. The predicted molar refractivity (Wildman–Crippen MR) is 110 cm³/mol. The standard InChI is InChI=1S/C20H24N2O4S2/c1-10(2)26-8-7-22-15(18-11(3)6-9-27-18)14(17(24)20(22)25)16(23)19-12(4)21-13(5)28-19/h6,9-10,15,24H,7-8H2,1-5H3. The number of aryl methyl sites for hydroxylation is 3. The minimum Gasteiger partial charge on any atom is -0.503 e. The van der Waals surface area contributed by atoms with Gasteiger partial charge in [-0.15, -0.1) is 22.7 Å². The zero-order valence-corrected chi connectivity index (χ0v) is 18.2. The number of ketones is 1. The molecule has 1 atom stereocenters. The Morgan fingerprint density at radius 2 is 2.07 bits per heavy atom. The van der Waals surface area contributed by atoms with Crippen LogP contribution in [0.3, 0.4) is 0 Å². The minimum atomic E-state index is -0.613. The average molecular weight is 421 g/mol. The van der Waals surface area contributed by atoms with Gasteiger partial charge in [0.2, 0.25) is 5.78 Å². The SMILES string of the molecule is Cc1nc(C)c(C(=O)C2=C(O)C(=O)N(CCOC(C)C)C2c2sccc2C)s1. The zero-order chi connectivity index (χ0) is 20.6. The molecule has 1 aliphatic rings. The van der Waals surface area contributed by atoms with Crippen molar-refractivity contribution < 1.29 is 19.4 Å². The van der Waals surface area contributed by atoms with Gasteiger partial charge in [-0.25, -0.2) is 4.98 Å². The van der Waals surface area contributed by atoms with Gasteiger partial charge in [-0.3, -0.25) is 9.59 Å². The van der Waals surface area contributed by atoms with E-state index in [1.54, 1.807) is 6.92 Å². The highest BCUT2D eigenvalue weighted by Gasteiger charge is 2.45. The first-order valence-electron chi connectivity index (χ1n) is 9.10. The van der Waals surface area contributed by atoms with Gasteiger partial charge in [-0.05, 0) is 51.6 Å². The van der Waals surface area contributed by atoms with Crippen molar-refractivity contribution >= 4 is 34.4 Å². The molecule has 28 heavy (non-hydrogen) atoms. The van der Waals surface area contributed by atoms with Gasteiger partial charge < -0.3 is 14.7 Å². The van der Waals surface area contributed by atoms with Crippen LogP contribution >= 0.6 is 22.7 Å². The van der Waals surface area contributed by atoms with Gasteiger partial charge in [-0.1, -0.05) is 0 Å². The Morgan fingerprint density at radius 1 is 1.36 bits per heavy atom. The average Bonchev–Trinajstić information content (AvgIpc) is 3.25. The smallest absolute Gasteiger partial charge is 0.290 e. The number of aliphatic hydroxyl groups excluding tert-OH is 1. The molecule has 1 amide bonds. The Morgan fingerprint density at radius 3 is 2.61 bits per heavy atom. The van der Waals surface area contributed by atoms with Crippen molar-refractivity contribution in [3.05, 3.63) is 48.8 Å². The highest BCUT2D eigenvalue weighted by Crippen LogP contribution is 2.42. The summed E-state index contributed by atoms with van der Waals surface area (Å²) in [4.78, 5) is 33.4. The largest absolute Gasteiger partial charge is 0.503 e. The van der Waals surface area contributed by atoms with E-state index < -0.39 is 17.7 Å². The van der Waals surface area contributed by atoms with Gasteiger partial charge in [0.15, 0.2) is 5.76 Å². The van der Waals surface area contributed by atoms with Gasteiger partial charge in [0.25, 0.3) is 5.91 Å². The summed E-state index contributed by atoms with van der Waals surface area (Å²) in [5.74, 6) is -1.34. The summed E-state index contributed by atoms with van der Waals surface area (Å²) < 4.78 is 5.60. The van der Waals surface area contributed by atoms with Gasteiger partial charge >= 0.3 is 0 Å².